The predicted molar refractivity (Wildman–Crippen MR) is 75.8 cm³/mol. The number of hydrogen-bond donors (Lipinski definition) is 1. The van der Waals surface area contributed by atoms with Crippen molar-refractivity contribution in [1.29, 1.82) is 0 Å². The standard InChI is InChI=1S/C15H24N2/c1-11(2)14-9-10-16-13-7-5-6-8-15(13)17(14)12(3)4/h5-8,11-12,14,16H,9-10H2,1-4H3/t14-/m0/s1. The van der Waals surface area contributed by atoms with E-state index in [1.165, 1.54) is 17.8 Å². The number of fused-ring (bicyclic) bond motifs is 1. The van der Waals surface area contributed by atoms with E-state index < -0.39 is 0 Å². The zero-order chi connectivity index (χ0) is 12.4. The SMILES string of the molecule is CC(C)[C@@H]1CCNc2ccccc2N1C(C)C. The van der Waals surface area contributed by atoms with Gasteiger partial charge in [-0.05, 0) is 38.3 Å². The second kappa shape index (κ2) is 4.99. The molecule has 0 spiro atoms. The molecule has 0 saturated carbocycles. The number of hydrogen-bond acceptors (Lipinski definition) is 2. The Labute approximate surface area is 105 Å². The second-order valence-corrected chi connectivity index (χ2v) is 5.54. The molecule has 2 heteroatoms. The molecule has 1 heterocycles. The van der Waals surface area contributed by atoms with Gasteiger partial charge >= 0.3 is 0 Å². The van der Waals surface area contributed by atoms with Crippen molar-refractivity contribution in [3.63, 3.8) is 0 Å². The molecule has 1 atom stereocenters. The Morgan fingerprint density at radius 3 is 2.53 bits per heavy atom. The molecule has 0 aliphatic carbocycles. The summed E-state index contributed by atoms with van der Waals surface area (Å²) in [5.41, 5.74) is 2.64. The highest BCUT2D eigenvalue weighted by atomic mass is 15.2. The normalized spacial score (nSPS) is 20.1. The molecule has 0 fully saturated rings. The third kappa shape index (κ3) is 2.41. The highest BCUT2D eigenvalue weighted by Gasteiger charge is 2.27. The fraction of sp³-hybridized carbons (Fsp3) is 0.600. The summed E-state index contributed by atoms with van der Waals surface area (Å²) in [6.45, 7) is 10.3. The van der Waals surface area contributed by atoms with E-state index in [-0.39, 0.29) is 0 Å². The predicted octanol–water partition coefficient (Wildman–Crippen LogP) is 3.74. The molecule has 1 aliphatic rings. The van der Waals surface area contributed by atoms with Crippen molar-refractivity contribution in [1.82, 2.24) is 0 Å². The van der Waals surface area contributed by atoms with E-state index in [4.69, 9.17) is 0 Å². The van der Waals surface area contributed by atoms with Gasteiger partial charge in [-0.3, -0.25) is 0 Å². The molecule has 0 aromatic heterocycles. The Morgan fingerprint density at radius 1 is 1.18 bits per heavy atom. The van der Waals surface area contributed by atoms with Crippen molar-refractivity contribution < 1.29 is 0 Å². The van der Waals surface area contributed by atoms with Crippen LogP contribution in [0.1, 0.15) is 34.1 Å². The maximum atomic E-state index is 3.55. The van der Waals surface area contributed by atoms with Gasteiger partial charge in [-0.25, -0.2) is 0 Å². The summed E-state index contributed by atoms with van der Waals surface area (Å²) in [5.74, 6) is 0.686. The van der Waals surface area contributed by atoms with Crippen LogP contribution in [0.3, 0.4) is 0 Å². The minimum Gasteiger partial charge on any atom is -0.383 e. The molecule has 1 aromatic carbocycles. The molecule has 1 aromatic rings. The van der Waals surface area contributed by atoms with Crippen molar-refractivity contribution in [3.8, 4) is 0 Å². The summed E-state index contributed by atoms with van der Waals surface area (Å²) in [4.78, 5) is 2.58. The van der Waals surface area contributed by atoms with Crippen LogP contribution < -0.4 is 10.2 Å². The molecule has 0 bridgehead atoms. The fourth-order valence-electron chi connectivity index (χ4n) is 2.84. The lowest BCUT2D eigenvalue weighted by Crippen LogP contribution is -2.43. The van der Waals surface area contributed by atoms with Gasteiger partial charge in [0.2, 0.25) is 0 Å². The quantitative estimate of drug-likeness (QED) is 0.835. The van der Waals surface area contributed by atoms with Gasteiger partial charge in [-0.2, -0.15) is 0 Å². The topological polar surface area (TPSA) is 15.3 Å². The lowest BCUT2D eigenvalue weighted by atomic mass is 9.97. The van der Waals surface area contributed by atoms with E-state index in [0.29, 0.717) is 18.0 Å². The van der Waals surface area contributed by atoms with Crippen molar-refractivity contribution in [2.75, 3.05) is 16.8 Å². The largest absolute Gasteiger partial charge is 0.383 e. The minimum atomic E-state index is 0.545. The number of nitrogens with zero attached hydrogens (tertiary/aromatic N) is 1. The zero-order valence-corrected chi connectivity index (χ0v) is 11.4. The summed E-state index contributed by atoms with van der Waals surface area (Å²) in [6.07, 6.45) is 1.21. The molecule has 17 heavy (non-hydrogen) atoms. The van der Waals surface area contributed by atoms with E-state index in [1.54, 1.807) is 0 Å². The summed E-state index contributed by atoms with van der Waals surface area (Å²) in [7, 11) is 0. The average Bonchev–Trinajstić information content (AvgIpc) is 2.47. The molecule has 1 N–H and O–H groups in total. The fourth-order valence-corrected chi connectivity index (χ4v) is 2.84. The van der Waals surface area contributed by atoms with Gasteiger partial charge in [0.1, 0.15) is 0 Å². The van der Waals surface area contributed by atoms with Gasteiger partial charge in [0.05, 0.1) is 11.4 Å². The molecule has 0 radical (unpaired) electrons. The lowest BCUT2D eigenvalue weighted by Gasteiger charge is -2.38. The summed E-state index contributed by atoms with van der Waals surface area (Å²) in [5, 5.41) is 3.55. The molecule has 1 aliphatic heterocycles. The van der Waals surface area contributed by atoms with Crippen LogP contribution in [0, 0.1) is 5.92 Å². The van der Waals surface area contributed by atoms with E-state index in [9.17, 15) is 0 Å². The van der Waals surface area contributed by atoms with Crippen molar-refractivity contribution in [2.45, 2.75) is 46.2 Å². The smallest absolute Gasteiger partial charge is 0.0606 e. The summed E-state index contributed by atoms with van der Waals surface area (Å²) < 4.78 is 0. The van der Waals surface area contributed by atoms with Crippen LogP contribution in [0.2, 0.25) is 0 Å². The Balaban J connectivity index is 2.43. The maximum Gasteiger partial charge on any atom is 0.0606 e. The van der Waals surface area contributed by atoms with Crippen LogP contribution in [0.4, 0.5) is 11.4 Å². The van der Waals surface area contributed by atoms with Crippen molar-refractivity contribution >= 4 is 11.4 Å². The maximum absolute atomic E-state index is 3.55. The minimum absolute atomic E-state index is 0.545. The molecule has 0 unspecified atom stereocenters. The number of para-hydroxylation sites is 2. The number of benzene rings is 1. The van der Waals surface area contributed by atoms with E-state index in [1.807, 2.05) is 0 Å². The van der Waals surface area contributed by atoms with Crippen LogP contribution in [-0.4, -0.2) is 18.6 Å². The molecule has 0 saturated heterocycles. The van der Waals surface area contributed by atoms with Crippen LogP contribution >= 0.6 is 0 Å². The average molecular weight is 232 g/mol. The first-order valence-electron chi connectivity index (χ1n) is 6.72. The third-order valence-corrected chi connectivity index (χ3v) is 3.62. The van der Waals surface area contributed by atoms with Crippen LogP contribution in [-0.2, 0) is 0 Å². The second-order valence-electron chi connectivity index (χ2n) is 5.54. The monoisotopic (exact) mass is 232 g/mol. The lowest BCUT2D eigenvalue weighted by molar-refractivity contribution is 0.419. The summed E-state index contributed by atoms with van der Waals surface area (Å²) >= 11 is 0. The van der Waals surface area contributed by atoms with E-state index in [0.717, 1.165) is 6.54 Å². The first-order chi connectivity index (χ1) is 8.11. The van der Waals surface area contributed by atoms with Gasteiger partial charge in [0.25, 0.3) is 0 Å². The van der Waals surface area contributed by atoms with Crippen LogP contribution in [0.15, 0.2) is 24.3 Å². The highest BCUT2D eigenvalue weighted by Crippen LogP contribution is 2.34. The van der Waals surface area contributed by atoms with E-state index in [2.05, 4.69) is 62.2 Å². The van der Waals surface area contributed by atoms with E-state index >= 15 is 0 Å². The molecule has 94 valence electrons. The van der Waals surface area contributed by atoms with Crippen LogP contribution in [0.5, 0.6) is 0 Å². The Kier molecular flexibility index (Phi) is 3.60. The number of nitrogens with one attached hydrogen (secondary N) is 1. The Bertz CT molecular complexity index is 371. The zero-order valence-electron chi connectivity index (χ0n) is 11.4. The highest BCUT2D eigenvalue weighted by molar-refractivity contribution is 5.71. The third-order valence-electron chi connectivity index (χ3n) is 3.62. The first kappa shape index (κ1) is 12.3. The Morgan fingerprint density at radius 2 is 1.88 bits per heavy atom. The van der Waals surface area contributed by atoms with Crippen molar-refractivity contribution in [2.24, 2.45) is 5.92 Å². The van der Waals surface area contributed by atoms with Gasteiger partial charge in [0.15, 0.2) is 0 Å². The number of anilines is 2. The van der Waals surface area contributed by atoms with Gasteiger partial charge in [0, 0.05) is 18.6 Å². The van der Waals surface area contributed by atoms with Gasteiger partial charge in [-0.15, -0.1) is 0 Å². The molecule has 2 rings (SSSR count). The van der Waals surface area contributed by atoms with Gasteiger partial charge < -0.3 is 10.2 Å². The van der Waals surface area contributed by atoms with Crippen molar-refractivity contribution in [3.05, 3.63) is 24.3 Å². The molecule has 2 nitrogen and oxygen atoms in total. The first-order valence-corrected chi connectivity index (χ1v) is 6.72. The molecular formula is C15H24N2. The molecule has 0 amide bonds. The summed E-state index contributed by atoms with van der Waals surface area (Å²) in [6, 6.07) is 9.85. The molecular weight excluding hydrogens is 208 g/mol. The van der Waals surface area contributed by atoms with Gasteiger partial charge in [-0.1, -0.05) is 26.0 Å². The Hall–Kier alpha value is -1.18. The number of rotatable bonds is 2. The van der Waals surface area contributed by atoms with Crippen LogP contribution in [0.25, 0.3) is 0 Å².